The van der Waals surface area contributed by atoms with Gasteiger partial charge in [0.2, 0.25) is 0 Å². The van der Waals surface area contributed by atoms with Gasteiger partial charge in [-0.3, -0.25) is 14.0 Å². The van der Waals surface area contributed by atoms with E-state index in [1.807, 2.05) is 36.9 Å². The van der Waals surface area contributed by atoms with E-state index in [9.17, 15) is 4.79 Å². The number of rotatable bonds is 4. The number of pyridine rings is 1. The number of hydrogen-bond donors (Lipinski definition) is 1. The predicted octanol–water partition coefficient (Wildman–Crippen LogP) is 2.19. The van der Waals surface area contributed by atoms with E-state index in [0.717, 1.165) is 0 Å². The van der Waals surface area contributed by atoms with Crippen LogP contribution in [0.25, 0.3) is 5.82 Å². The largest absolute Gasteiger partial charge is 0.378 e. The van der Waals surface area contributed by atoms with Crippen LogP contribution in [0.5, 0.6) is 0 Å². The quantitative estimate of drug-likeness (QED) is 0.914. The summed E-state index contributed by atoms with van der Waals surface area (Å²) in [6, 6.07) is 6.31. The maximum absolute atomic E-state index is 12.4. The SMILES string of the molecule is CC(C)Nc1cccn(-c2ccn(C3CC3)n2)c1=O. The molecule has 0 unspecified atom stereocenters. The van der Waals surface area contributed by atoms with Crippen molar-refractivity contribution in [3.8, 4) is 5.82 Å². The molecular formula is C14H18N4O. The third-order valence-corrected chi connectivity index (χ3v) is 3.15. The summed E-state index contributed by atoms with van der Waals surface area (Å²) in [6.07, 6.45) is 6.07. The van der Waals surface area contributed by atoms with Crippen LogP contribution in [0.15, 0.2) is 35.4 Å². The van der Waals surface area contributed by atoms with Gasteiger partial charge in [-0.05, 0) is 38.8 Å². The summed E-state index contributed by atoms with van der Waals surface area (Å²) in [7, 11) is 0. The van der Waals surface area contributed by atoms with E-state index >= 15 is 0 Å². The first-order chi connectivity index (χ1) is 9.15. The molecule has 3 rings (SSSR count). The fourth-order valence-electron chi connectivity index (χ4n) is 2.09. The Morgan fingerprint density at radius 3 is 2.79 bits per heavy atom. The van der Waals surface area contributed by atoms with Crippen molar-refractivity contribution in [1.82, 2.24) is 14.3 Å². The van der Waals surface area contributed by atoms with Crippen molar-refractivity contribution < 1.29 is 0 Å². The Balaban J connectivity index is 1.96. The molecule has 1 aliphatic carbocycles. The number of anilines is 1. The van der Waals surface area contributed by atoms with Crippen molar-refractivity contribution >= 4 is 5.69 Å². The molecule has 0 saturated heterocycles. The molecule has 5 heteroatoms. The Bertz CT molecular complexity index is 637. The van der Waals surface area contributed by atoms with Gasteiger partial charge < -0.3 is 5.32 Å². The fourth-order valence-corrected chi connectivity index (χ4v) is 2.09. The van der Waals surface area contributed by atoms with E-state index < -0.39 is 0 Å². The van der Waals surface area contributed by atoms with Crippen molar-refractivity contribution in [2.75, 3.05) is 5.32 Å². The van der Waals surface area contributed by atoms with Gasteiger partial charge in [0, 0.05) is 24.5 Å². The Labute approximate surface area is 111 Å². The van der Waals surface area contributed by atoms with Crippen LogP contribution in [0.1, 0.15) is 32.7 Å². The first-order valence-corrected chi connectivity index (χ1v) is 6.69. The summed E-state index contributed by atoms with van der Waals surface area (Å²) in [5.74, 6) is 0.685. The van der Waals surface area contributed by atoms with E-state index in [2.05, 4.69) is 10.4 Å². The van der Waals surface area contributed by atoms with Crippen LogP contribution in [0, 0.1) is 0 Å². The summed E-state index contributed by atoms with van der Waals surface area (Å²) in [6.45, 7) is 4.02. The van der Waals surface area contributed by atoms with Crippen molar-refractivity contribution in [2.24, 2.45) is 0 Å². The first kappa shape index (κ1) is 12.0. The standard InChI is InChI=1S/C14H18N4O/c1-10(2)15-12-4-3-8-17(14(12)19)13-7-9-18(16-13)11-5-6-11/h3-4,7-11,15H,5-6H2,1-2H3. The lowest BCUT2D eigenvalue weighted by atomic mass is 10.3. The molecule has 0 bridgehead atoms. The normalized spacial score (nSPS) is 14.9. The van der Waals surface area contributed by atoms with Crippen LogP contribution in [0.2, 0.25) is 0 Å². The van der Waals surface area contributed by atoms with Crippen LogP contribution in [0.3, 0.4) is 0 Å². The topological polar surface area (TPSA) is 51.9 Å². The van der Waals surface area contributed by atoms with Gasteiger partial charge in [-0.15, -0.1) is 0 Å². The second kappa shape index (κ2) is 4.57. The maximum atomic E-state index is 12.4. The molecule has 0 atom stereocenters. The van der Waals surface area contributed by atoms with Gasteiger partial charge in [-0.1, -0.05) is 0 Å². The van der Waals surface area contributed by atoms with Gasteiger partial charge in [0.05, 0.1) is 6.04 Å². The maximum Gasteiger partial charge on any atom is 0.279 e. The smallest absolute Gasteiger partial charge is 0.279 e. The molecule has 1 fully saturated rings. The Kier molecular flexibility index (Phi) is 2.89. The molecule has 0 radical (unpaired) electrons. The number of hydrogen-bond acceptors (Lipinski definition) is 3. The molecule has 1 N–H and O–H groups in total. The van der Waals surface area contributed by atoms with Crippen LogP contribution < -0.4 is 10.9 Å². The van der Waals surface area contributed by atoms with E-state index in [0.29, 0.717) is 17.5 Å². The van der Waals surface area contributed by atoms with Gasteiger partial charge >= 0.3 is 0 Å². The van der Waals surface area contributed by atoms with Crippen LogP contribution in [-0.2, 0) is 0 Å². The zero-order valence-electron chi connectivity index (χ0n) is 11.2. The molecule has 0 aliphatic heterocycles. The van der Waals surface area contributed by atoms with Crippen LogP contribution >= 0.6 is 0 Å². The Hall–Kier alpha value is -2.04. The van der Waals surface area contributed by atoms with Crippen LogP contribution in [-0.4, -0.2) is 20.4 Å². The van der Waals surface area contributed by atoms with Gasteiger partial charge in [0.15, 0.2) is 5.82 Å². The molecule has 2 aromatic heterocycles. The minimum Gasteiger partial charge on any atom is -0.378 e. The van der Waals surface area contributed by atoms with Gasteiger partial charge in [-0.25, -0.2) is 0 Å². The highest BCUT2D eigenvalue weighted by Gasteiger charge is 2.24. The lowest BCUT2D eigenvalue weighted by molar-refractivity contribution is 0.633. The van der Waals surface area contributed by atoms with E-state index in [1.165, 1.54) is 12.8 Å². The zero-order valence-corrected chi connectivity index (χ0v) is 11.2. The lowest BCUT2D eigenvalue weighted by Gasteiger charge is -2.10. The highest BCUT2D eigenvalue weighted by atomic mass is 16.1. The molecule has 1 aliphatic rings. The molecular weight excluding hydrogens is 240 g/mol. The molecule has 0 spiro atoms. The fraction of sp³-hybridized carbons (Fsp3) is 0.429. The third kappa shape index (κ3) is 2.41. The summed E-state index contributed by atoms with van der Waals surface area (Å²) in [5.41, 5.74) is 0.552. The molecule has 100 valence electrons. The molecule has 0 amide bonds. The number of aromatic nitrogens is 3. The van der Waals surface area contributed by atoms with Crippen molar-refractivity contribution in [3.63, 3.8) is 0 Å². The summed E-state index contributed by atoms with van der Waals surface area (Å²) in [5, 5.41) is 7.63. The predicted molar refractivity (Wildman–Crippen MR) is 74.9 cm³/mol. The van der Waals surface area contributed by atoms with E-state index in [4.69, 9.17) is 0 Å². The first-order valence-electron chi connectivity index (χ1n) is 6.69. The average molecular weight is 258 g/mol. The lowest BCUT2D eigenvalue weighted by Crippen LogP contribution is -2.24. The average Bonchev–Trinajstić information content (AvgIpc) is 3.10. The van der Waals surface area contributed by atoms with Crippen molar-refractivity contribution in [2.45, 2.75) is 38.8 Å². The number of nitrogens with one attached hydrogen (secondary N) is 1. The van der Waals surface area contributed by atoms with Crippen molar-refractivity contribution in [3.05, 3.63) is 40.9 Å². The number of nitrogens with zero attached hydrogens (tertiary/aromatic N) is 3. The third-order valence-electron chi connectivity index (χ3n) is 3.15. The monoisotopic (exact) mass is 258 g/mol. The molecule has 19 heavy (non-hydrogen) atoms. The molecule has 5 nitrogen and oxygen atoms in total. The van der Waals surface area contributed by atoms with Gasteiger partial charge in [0.25, 0.3) is 5.56 Å². The second-order valence-corrected chi connectivity index (χ2v) is 5.28. The Morgan fingerprint density at radius 2 is 2.11 bits per heavy atom. The minimum atomic E-state index is -0.0581. The molecule has 2 aromatic rings. The van der Waals surface area contributed by atoms with Crippen LogP contribution in [0.4, 0.5) is 5.69 Å². The van der Waals surface area contributed by atoms with Gasteiger partial charge in [0.1, 0.15) is 5.69 Å². The molecule has 2 heterocycles. The van der Waals surface area contributed by atoms with Crippen molar-refractivity contribution in [1.29, 1.82) is 0 Å². The summed E-state index contributed by atoms with van der Waals surface area (Å²) in [4.78, 5) is 12.4. The highest BCUT2D eigenvalue weighted by molar-refractivity contribution is 5.43. The summed E-state index contributed by atoms with van der Waals surface area (Å²) < 4.78 is 3.54. The highest BCUT2D eigenvalue weighted by Crippen LogP contribution is 2.34. The minimum absolute atomic E-state index is 0.0581. The molecule has 0 aromatic carbocycles. The molecule has 1 saturated carbocycles. The second-order valence-electron chi connectivity index (χ2n) is 5.28. The zero-order chi connectivity index (χ0) is 13.4. The van der Waals surface area contributed by atoms with Gasteiger partial charge in [-0.2, -0.15) is 5.10 Å². The summed E-state index contributed by atoms with van der Waals surface area (Å²) >= 11 is 0. The Morgan fingerprint density at radius 1 is 1.32 bits per heavy atom. The van der Waals surface area contributed by atoms with E-state index in [1.54, 1.807) is 16.8 Å². The van der Waals surface area contributed by atoms with E-state index in [-0.39, 0.29) is 11.6 Å².